The van der Waals surface area contributed by atoms with Crippen molar-refractivity contribution in [3.05, 3.63) is 89.0 Å². The molecule has 0 fully saturated rings. The largest absolute Gasteiger partial charge is 0.478 e. The first-order valence-electron chi connectivity index (χ1n) is 11.3. The van der Waals surface area contributed by atoms with Crippen molar-refractivity contribution in [3.63, 3.8) is 0 Å². The van der Waals surface area contributed by atoms with Crippen LogP contribution in [0.4, 0.5) is 17.1 Å². The third-order valence-electron chi connectivity index (χ3n) is 6.08. The molecule has 0 atom stereocenters. The minimum absolute atomic E-state index is 0.262. The summed E-state index contributed by atoms with van der Waals surface area (Å²) in [6, 6.07) is 17.1. The number of amides is 1. The van der Waals surface area contributed by atoms with Crippen LogP contribution in [0.5, 0.6) is 0 Å². The van der Waals surface area contributed by atoms with E-state index in [0.29, 0.717) is 29.9 Å². The lowest BCUT2D eigenvalue weighted by molar-refractivity contribution is 0.0687. The number of aromatic carboxylic acids is 2. The summed E-state index contributed by atoms with van der Waals surface area (Å²) in [4.78, 5) is 51.0. The van der Waals surface area contributed by atoms with Gasteiger partial charge < -0.3 is 26.6 Å². The van der Waals surface area contributed by atoms with Gasteiger partial charge in [-0.05, 0) is 61.4 Å². The number of nitrogen functional groups attached to an aromatic ring is 1. The molecule has 9 nitrogen and oxygen atoms in total. The van der Waals surface area contributed by atoms with Gasteiger partial charge in [-0.3, -0.25) is 9.59 Å². The minimum atomic E-state index is -1.50. The zero-order valence-corrected chi connectivity index (χ0v) is 19.9. The van der Waals surface area contributed by atoms with E-state index in [4.69, 9.17) is 5.73 Å². The van der Waals surface area contributed by atoms with Gasteiger partial charge in [0, 0.05) is 22.6 Å². The van der Waals surface area contributed by atoms with Gasteiger partial charge in [-0.1, -0.05) is 32.0 Å². The molecule has 0 bridgehead atoms. The Hall–Kier alpha value is -4.66. The smallest absolute Gasteiger partial charge is 0.336 e. The van der Waals surface area contributed by atoms with Crippen LogP contribution in [0.15, 0.2) is 66.7 Å². The highest BCUT2D eigenvalue weighted by Gasteiger charge is 2.38. The van der Waals surface area contributed by atoms with Crippen molar-refractivity contribution in [2.75, 3.05) is 16.4 Å². The van der Waals surface area contributed by atoms with Gasteiger partial charge in [0.15, 0.2) is 5.78 Å². The second-order valence-corrected chi connectivity index (χ2v) is 8.24. The van der Waals surface area contributed by atoms with Crippen LogP contribution >= 0.6 is 0 Å². The lowest BCUT2D eigenvalue weighted by Crippen LogP contribution is -2.46. The van der Waals surface area contributed by atoms with E-state index in [1.165, 1.54) is 12.1 Å². The Balaban J connectivity index is 2.14. The molecule has 0 spiro atoms. The van der Waals surface area contributed by atoms with Gasteiger partial charge in [0.25, 0.3) is 5.91 Å². The summed E-state index contributed by atoms with van der Waals surface area (Å²) in [6.45, 7) is 3.58. The molecule has 3 aromatic rings. The van der Waals surface area contributed by atoms with Crippen molar-refractivity contribution in [2.45, 2.75) is 32.2 Å². The SMILES string of the molecule is CCC(CC)(Nc1ccccc1)C(=O)c1cc(C(=O)Nc2ccc(N)cc2)c(C(=O)O)cc1C(=O)O. The van der Waals surface area contributed by atoms with Gasteiger partial charge in [-0.15, -0.1) is 0 Å². The molecule has 0 heterocycles. The van der Waals surface area contributed by atoms with E-state index in [2.05, 4.69) is 10.6 Å². The lowest BCUT2D eigenvalue weighted by Gasteiger charge is -2.33. The molecule has 3 aromatic carbocycles. The van der Waals surface area contributed by atoms with Crippen LogP contribution in [0, 0.1) is 0 Å². The number of ketones is 1. The number of hydrogen-bond donors (Lipinski definition) is 5. The molecule has 186 valence electrons. The topological polar surface area (TPSA) is 159 Å². The van der Waals surface area contributed by atoms with E-state index in [0.717, 1.165) is 12.1 Å². The fraction of sp³-hybridized carbons (Fsp3) is 0.185. The Labute approximate surface area is 208 Å². The summed E-state index contributed by atoms with van der Waals surface area (Å²) in [5.74, 6) is -4.35. The van der Waals surface area contributed by atoms with Gasteiger partial charge in [0.2, 0.25) is 0 Å². The number of nitrogens with two attached hydrogens (primary N) is 1. The first-order valence-corrected chi connectivity index (χ1v) is 11.3. The molecule has 36 heavy (non-hydrogen) atoms. The van der Waals surface area contributed by atoms with Crippen LogP contribution in [-0.4, -0.2) is 39.4 Å². The van der Waals surface area contributed by atoms with E-state index in [1.807, 2.05) is 6.07 Å². The van der Waals surface area contributed by atoms with Gasteiger partial charge in [-0.2, -0.15) is 0 Å². The highest BCUT2D eigenvalue weighted by molar-refractivity contribution is 6.17. The van der Waals surface area contributed by atoms with Gasteiger partial charge >= 0.3 is 11.9 Å². The fourth-order valence-electron chi connectivity index (χ4n) is 3.95. The molecular weight excluding hydrogens is 462 g/mol. The van der Waals surface area contributed by atoms with Crippen molar-refractivity contribution in [3.8, 4) is 0 Å². The Morgan fingerprint density at radius 3 is 1.81 bits per heavy atom. The zero-order chi connectivity index (χ0) is 26.5. The summed E-state index contributed by atoms with van der Waals surface area (Å²) in [7, 11) is 0. The average Bonchev–Trinajstić information content (AvgIpc) is 2.88. The van der Waals surface area contributed by atoms with Crippen molar-refractivity contribution in [2.24, 2.45) is 0 Å². The quantitative estimate of drug-likeness (QED) is 0.201. The maximum absolute atomic E-state index is 13.9. The minimum Gasteiger partial charge on any atom is -0.478 e. The molecule has 9 heteroatoms. The van der Waals surface area contributed by atoms with E-state index in [1.54, 1.807) is 50.2 Å². The van der Waals surface area contributed by atoms with Crippen LogP contribution in [0.2, 0.25) is 0 Å². The molecular formula is C27H27N3O6. The molecule has 0 aromatic heterocycles. The van der Waals surface area contributed by atoms with Crippen LogP contribution in [0.25, 0.3) is 0 Å². The number of hydrogen-bond acceptors (Lipinski definition) is 6. The molecule has 0 aliphatic rings. The van der Waals surface area contributed by atoms with E-state index in [-0.39, 0.29) is 11.1 Å². The van der Waals surface area contributed by atoms with Crippen LogP contribution < -0.4 is 16.4 Å². The number of rotatable bonds is 10. The maximum Gasteiger partial charge on any atom is 0.336 e. The van der Waals surface area contributed by atoms with Crippen molar-refractivity contribution in [1.82, 2.24) is 0 Å². The number of carbonyl (C=O) groups is 4. The summed E-state index contributed by atoms with van der Waals surface area (Å²) < 4.78 is 0. The Bertz CT molecular complexity index is 1300. The maximum atomic E-state index is 13.9. The van der Waals surface area contributed by atoms with Crippen molar-refractivity contribution >= 4 is 40.7 Å². The van der Waals surface area contributed by atoms with E-state index < -0.39 is 40.3 Å². The standard InChI is InChI=1S/C27H27N3O6/c1-3-27(4-2,30-18-8-6-5-7-9-18)23(31)19-14-20(22(26(35)36)15-21(19)25(33)34)24(32)29-17-12-10-16(28)11-13-17/h5-15,30H,3-4,28H2,1-2H3,(H,29,32)(H,33,34)(H,35,36). The number of carboxylic acids is 2. The zero-order valence-electron chi connectivity index (χ0n) is 19.9. The van der Waals surface area contributed by atoms with Crippen molar-refractivity contribution in [1.29, 1.82) is 0 Å². The first kappa shape index (κ1) is 26.0. The first-order chi connectivity index (χ1) is 17.1. The molecule has 0 aliphatic heterocycles. The highest BCUT2D eigenvalue weighted by atomic mass is 16.4. The molecule has 3 rings (SSSR count). The van der Waals surface area contributed by atoms with E-state index in [9.17, 15) is 29.4 Å². The Morgan fingerprint density at radius 1 is 0.750 bits per heavy atom. The molecule has 1 amide bonds. The van der Waals surface area contributed by atoms with Crippen LogP contribution in [0.3, 0.4) is 0 Å². The third kappa shape index (κ3) is 5.35. The van der Waals surface area contributed by atoms with Crippen LogP contribution in [-0.2, 0) is 0 Å². The molecule has 0 aliphatic carbocycles. The summed E-state index contributed by atoms with van der Waals surface area (Å²) in [5.41, 5.74) is 4.32. The summed E-state index contributed by atoms with van der Waals surface area (Å²) in [5, 5.41) is 25.3. The van der Waals surface area contributed by atoms with Gasteiger partial charge in [0.05, 0.1) is 16.7 Å². The average molecular weight is 490 g/mol. The predicted octanol–water partition coefficient (Wildman–Crippen LogP) is 4.77. The number of benzene rings is 3. The number of carbonyl (C=O) groups excluding carboxylic acids is 2. The summed E-state index contributed by atoms with van der Waals surface area (Å²) in [6.07, 6.45) is 0.619. The molecule has 0 saturated carbocycles. The number of nitrogens with one attached hydrogen (secondary N) is 2. The highest BCUT2D eigenvalue weighted by Crippen LogP contribution is 2.30. The second-order valence-electron chi connectivity index (χ2n) is 8.24. The van der Waals surface area contributed by atoms with Gasteiger partial charge in [0.1, 0.15) is 5.54 Å². The second kappa shape index (κ2) is 10.7. The molecule has 0 radical (unpaired) electrons. The summed E-state index contributed by atoms with van der Waals surface area (Å²) >= 11 is 0. The molecule has 0 saturated heterocycles. The Morgan fingerprint density at radius 2 is 1.28 bits per heavy atom. The number of carboxylic acid groups (broad SMARTS) is 2. The van der Waals surface area contributed by atoms with Crippen molar-refractivity contribution < 1.29 is 29.4 Å². The molecule has 0 unspecified atom stereocenters. The normalized spacial score (nSPS) is 10.9. The van der Waals surface area contributed by atoms with E-state index >= 15 is 0 Å². The van der Waals surface area contributed by atoms with Gasteiger partial charge in [-0.25, -0.2) is 9.59 Å². The predicted molar refractivity (Wildman–Crippen MR) is 137 cm³/mol. The fourth-order valence-corrected chi connectivity index (χ4v) is 3.95. The number of para-hydroxylation sites is 1. The number of anilines is 3. The number of Topliss-reactive ketones (excluding diaryl/α,β-unsaturated/α-hetero) is 1. The molecule has 6 N–H and O–H groups in total. The monoisotopic (exact) mass is 489 g/mol. The Kier molecular flexibility index (Phi) is 7.73. The van der Waals surface area contributed by atoms with Crippen LogP contribution in [0.1, 0.15) is 68.1 Å². The third-order valence-corrected chi connectivity index (χ3v) is 6.08. The lowest BCUT2D eigenvalue weighted by atomic mass is 9.81.